The Morgan fingerprint density at radius 2 is 2.06 bits per heavy atom. The molecule has 0 radical (unpaired) electrons. The molecule has 3 heterocycles. The molecule has 1 fully saturated rings. The summed E-state index contributed by atoms with van der Waals surface area (Å²) in [6.45, 7) is 3.25. The maximum atomic E-state index is 13.5. The number of rotatable bonds is 5. The Morgan fingerprint density at radius 3 is 2.77 bits per heavy atom. The number of amides is 1. The number of aryl methyl sites for hydroxylation is 1. The first-order valence-corrected chi connectivity index (χ1v) is 11.2. The molecule has 1 atom stereocenters. The molecule has 162 valence electrons. The summed E-state index contributed by atoms with van der Waals surface area (Å²) in [5.74, 6) is 0.381. The van der Waals surface area contributed by atoms with Crippen molar-refractivity contribution in [1.82, 2.24) is 24.5 Å². The van der Waals surface area contributed by atoms with Gasteiger partial charge >= 0.3 is 0 Å². The normalized spacial score (nSPS) is 16.4. The van der Waals surface area contributed by atoms with Crippen molar-refractivity contribution in [3.05, 3.63) is 52.5 Å². The van der Waals surface area contributed by atoms with E-state index in [1.165, 1.54) is 12.1 Å². The third-order valence-electron chi connectivity index (χ3n) is 5.54. The molecule has 1 aromatic carbocycles. The summed E-state index contributed by atoms with van der Waals surface area (Å²) in [6, 6.07) is 6.38. The molecular formula is C22H25FN6OS. The van der Waals surface area contributed by atoms with Crippen LogP contribution < -0.4 is 4.90 Å². The second-order valence-corrected chi connectivity index (χ2v) is 8.62. The van der Waals surface area contributed by atoms with E-state index in [0.29, 0.717) is 30.3 Å². The largest absolute Gasteiger partial charge is 0.347 e. The molecule has 0 aliphatic carbocycles. The highest BCUT2D eigenvalue weighted by atomic mass is 32.1. The fourth-order valence-corrected chi connectivity index (χ4v) is 4.61. The number of carbonyl (C=O) groups excluding carboxylic acids is 1. The van der Waals surface area contributed by atoms with E-state index in [4.69, 9.17) is 4.98 Å². The van der Waals surface area contributed by atoms with Crippen molar-refractivity contribution in [3.8, 4) is 11.1 Å². The molecule has 31 heavy (non-hydrogen) atoms. The zero-order chi connectivity index (χ0) is 22.0. The van der Waals surface area contributed by atoms with Gasteiger partial charge in [-0.15, -0.1) is 5.10 Å². The van der Waals surface area contributed by atoms with Crippen LogP contribution in [-0.4, -0.2) is 57.5 Å². The number of halogens is 1. The van der Waals surface area contributed by atoms with Crippen molar-refractivity contribution in [2.75, 3.05) is 32.1 Å². The standard InChI is InChI=1S/C22H25FN6OS/c1-4-18-20(31-27-26-18)21(30)29-11-5-6-15(13-29)19-17(12-24-22(25-19)28(2)3)14-7-9-16(23)10-8-14/h7-10,12,15H,4-6,11,13H2,1-3H3/t15-/m1/s1. The van der Waals surface area contributed by atoms with Gasteiger partial charge in [0.05, 0.1) is 11.4 Å². The van der Waals surface area contributed by atoms with Crippen molar-refractivity contribution in [1.29, 1.82) is 0 Å². The van der Waals surface area contributed by atoms with Crippen LogP contribution in [0.15, 0.2) is 30.5 Å². The average molecular weight is 441 g/mol. The van der Waals surface area contributed by atoms with E-state index in [1.54, 1.807) is 18.3 Å². The molecule has 1 aliphatic heterocycles. The molecule has 3 aromatic rings. The lowest BCUT2D eigenvalue weighted by atomic mass is 9.89. The minimum atomic E-state index is -0.282. The van der Waals surface area contributed by atoms with Gasteiger partial charge in [-0.25, -0.2) is 14.4 Å². The number of benzene rings is 1. The minimum Gasteiger partial charge on any atom is -0.347 e. The quantitative estimate of drug-likeness (QED) is 0.601. The number of anilines is 1. The van der Waals surface area contributed by atoms with Crippen molar-refractivity contribution in [2.24, 2.45) is 0 Å². The molecule has 1 amide bonds. The third-order valence-corrected chi connectivity index (χ3v) is 6.30. The minimum absolute atomic E-state index is 0.0122. The Bertz CT molecular complexity index is 1070. The summed E-state index contributed by atoms with van der Waals surface area (Å²) < 4.78 is 17.4. The number of nitrogens with zero attached hydrogens (tertiary/aromatic N) is 6. The molecule has 0 spiro atoms. The Balaban J connectivity index is 1.68. The van der Waals surface area contributed by atoms with E-state index < -0.39 is 0 Å². The van der Waals surface area contributed by atoms with Gasteiger partial charge in [0.15, 0.2) is 0 Å². The number of hydrogen-bond donors (Lipinski definition) is 0. The highest BCUT2D eigenvalue weighted by molar-refractivity contribution is 7.08. The van der Waals surface area contributed by atoms with E-state index in [0.717, 1.165) is 46.9 Å². The molecule has 0 N–H and O–H groups in total. The fraction of sp³-hybridized carbons (Fsp3) is 0.409. The van der Waals surface area contributed by atoms with Gasteiger partial charge < -0.3 is 9.80 Å². The lowest BCUT2D eigenvalue weighted by Crippen LogP contribution is -2.39. The first-order valence-electron chi connectivity index (χ1n) is 10.4. The van der Waals surface area contributed by atoms with E-state index in [2.05, 4.69) is 14.6 Å². The topological polar surface area (TPSA) is 75.1 Å². The van der Waals surface area contributed by atoms with E-state index in [9.17, 15) is 9.18 Å². The predicted molar refractivity (Wildman–Crippen MR) is 119 cm³/mol. The van der Waals surface area contributed by atoms with E-state index in [-0.39, 0.29) is 17.6 Å². The summed E-state index contributed by atoms with van der Waals surface area (Å²) in [5.41, 5.74) is 3.38. The van der Waals surface area contributed by atoms with E-state index >= 15 is 0 Å². The maximum absolute atomic E-state index is 13.5. The molecule has 7 nitrogen and oxygen atoms in total. The van der Waals surface area contributed by atoms with Gasteiger partial charge in [-0.2, -0.15) is 0 Å². The van der Waals surface area contributed by atoms with Crippen LogP contribution in [0.2, 0.25) is 0 Å². The van der Waals surface area contributed by atoms with Crippen LogP contribution in [0.4, 0.5) is 10.3 Å². The SMILES string of the molecule is CCc1nnsc1C(=O)N1CCC[C@@H](c2nc(N(C)C)ncc2-c2ccc(F)cc2)C1. The fourth-order valence-electron chi connectivity index (χ4n) is 3.89. The molecular weight excluding hydrogens is 415 g/mol. The third kappa shape index (κ3) is 4.41. The molecule has 9 heteroatoms. The molecule has 0 saturated carbocycles. The van der Waals surface area contributed by atoms with Crippen molar-refractivity contribution in [2.45, 2.75) is 32.1 Å². The Morgan fingerprint density at radius 1 is 1.29 bits per heavy atom. The van der Waals surface area contributed by atoms with Crippen molar-refractivity contribution < 1.29 is 9.18 Å². The van der Waals surface area contributed by atoms with Gasteiger partial charge in [0, 0.05) is 44.9 Å². The van der Waals surface area contributed by atoms with Crippen LogP contribution in [0.1, 0.15) is 46.7 Å². The molecule has 4 rings (SSSR count). The van der Waals surface area contributed by atoms with E-state index in [1.807, 2.05) is 30.8 Å². The number of carbonyl (C=O) groups is 1. The van der Waals surface area contributed by atoms with Crippen molar-refractivity contribution in [3.63, 3.8) is 0 Å². The second-order valence-electron chi connectivity index (χ2n) is 7.86. The summed E-state index contributed by atoms with van der Waals surface area (Å²) in [4.78, 5) is 26.8. The number of aromatic nitrogens is 4. The summed E-state index contributed by atoms with van der Waals surface area (Å²) in [7, 11) is 3.80. The highest BCUT2D eigenvalue weighted by Crippen LogP contribution is 2.34. The first-order chi connectivity index (χ1) is 15.0. The maximum Gasteiger partial charge on any atom is 0.267 e. The van der Waals surface area contributed by atoms with Gasteiger partial charge in [-0.3, -0.25) is 4.79 Å². The molecule has 2 aromatic heterocycles. The van der Waals surface area contributed by atoms with Crippen LogP contribution in [-0.2, 0) is 6.42 Å². The second kappa shape index (κ2) is 9.05. The molecule has 1 saturated heterocycles. The number of piperidine rings is 1. The van der Waals surface area contributed by atoms with Gasteiger partial charge in [0.2, 0.25) is 5.95 Å². The van der Waals surface area contributed by atoms with Crippen LogP contribution in [0.3, 0.4) is 0 Å². The summed E-state index contributed by atoms with van der Waals surface area (Å²) in [5, 5.41) is 4.08. The van der Waals surface area contributed by atoms with Gasteiger partial charge in [0.1, 0.15) is 10.7 Å². The Kier molecular flexibility index (Phi) is 6.22. The summed E-state index contributed by atoms with van der Waals surface area (Å²) in [6.07, 6.45) is 4.29. The highest BCUT2D eigenvalue weighted by Gasteiger charge is 2.30. The van der Waals surface area contributed by atoms with Crippen molar-refractivity contribution >= 4 is 23.4 Å². The zero-order valence-electron chi connectivity index (χ0n) is 17.9. The zero-order valence-corrected chi connectivity index (χ0v) is 18.7. The molecule has 0 unspecified atom stereocenters. The number of likely N-dealkylation sites (tertiary alicyclic amines) is 1. The first kappa shape index (κ1) is 21.3. The molecule has 0 bridgehead atoms. The monoisotopic (exact) mass is 440 g/mol. The summed E-state index contributed by atoms with van der Waals surface area (Å²) >= 11 is 1.16. The average Bonchev–Trinajstić information content (AvgIpc) is 3.28. The smallest absolute Gasteiger partial charge is 0.267 e. The van der Waals surface area contributed by atoms with Crippen LogP contribution in [0, 0.1) is 5.82 Å². The number of hydrogen-bond acceptors (Lipinski definition) is 7. The van der Waals surface area contributed by atoms with Crippen LogP contribution in [0.5, 0.6) is 0 Å². The van der Waals surface area contributed by atoms with Gasteiger partial charge in [0.25, 0.3) is 5.91 Å². The molecule has 1 aliphatic rings. The van der Waals surface area contributed by atoms with Crippen LogP contribution in [0.25, 0.3) is 11.1 Å². The Labute approximate surface area is 185 Å². The lowest BCUT2D eigenvalue weighted by molar-refractivity contribution is 0.0709. The van der Waals surface area contributed by atoms with Crippen LogP contribution >= 0.6 is 11.5 Å². The van der Waals surface area contributed by atoms with Gasteiger partial charge in [-0.1, -0.05) is 23.5 Å². The lowest BCUT2D eigenvalue weighted by Gasteiger charge is -2.33. The predicted octanol–water partition coefficient (Wildman–Crippen LogP) is 3.78. The Hall–Kier alpha value is -2.94. The van der Waals surface area contributed by atoms with Gasteiger partial charge in [-0.05, 0) is 48.5 Å².